The molecule has 3 N–H and O–H groups in total. The number of carboxylic acids is 2. The quantitative estimate of drug-likeness (QED) is 0.508. The Morgan fingerprint density at radius 3 is 2.03 bits per heavy atom. The lowest BCUT2D eigenvalue weighted by Crippen LogP contribution is -2.53. The number of ether oxygens (including phenoxy) is 1. The summed E-state index contributed by atoms with van der Waals surface area (Å²) >= 11 is 0. The van der Waals surface area contributed by atoms with Crippen molar-refractivity contribution in [3.63, 3.8) is 0 Å². The molecule has 0 radical (unpaired) electrons. The van der Waals surface area contributed by atoms with Gasteiger partial charge in [-0.2, -0.15) is 0 Å². The summed E-state index contributed by atoms with van der Waals surface area (Å²) in [7, 11) is 0. The lowest BCUT2D eigenvalue weighted by Gasteiger charge is -2.42. The lowest BCUT2D eigenvalue weighted by atomic mass is 10.0. The van der Waals surface area contributed by atoms with Crippen LogP contribution in [0.4, 0.5) is 0 Å². The zero-order valence-electron chi connectivity index (χ0n) is 20.0. The fourth-order valence-corrected chi connectivity index (χ4v) is 4.53. The van der Waals surface area contributed by atoms with Crippen molar-refractivity contribution in [3.8, 4) is 11.5 Å². The van der Waals surface area contributed by atoms with E-state index in [-0.39, 0.29) is 6.61 Å². The molecule has 0 saturated carbocycles. The molecule has 0 amide bonds. The average Bonchev–Trinajstić information content (AvgIpc) is 2.86. The van der Waals surface area contributed by atoms with Gasteiger partial charge in [-0.1, -0.05) is 30.3 Å². The number of carbonyl (C=O) groups is 2. The second-order valence-corrected chi connectivity index (χ2v) is 8.78. The number of hydrogen-bond acceptors (Lipinski definition) is 7. The van der Waals surface area contributed by atoms with E-state index in [1.165, 1.54) is 18.4 Å². The molecule has 2 saturated heterocycles. The number of piperazine rings is 1. The number of aliphatic hydroxyl groups excluding tert-OH is 1. The monoisotopic (exact) mass is 485 g/mol. The number of benzene rings is 2. The predicted molar refractivity (Wildman–Crippen MR) is 132 cm³/mol. The molecule has 0 aliphatic carbocycles. The van der Waals surface area contributed by atoms with Crippen LogP contribution in [0.5, 0.6) is 11.5 Å². The van der Waals surface area contributed by atoms with Gasteiger partial charge in [-0.3, -0.25) is 14.7 Å². The number of carboxylic acid groups (broad SMARTS) is 2. The molecule has 2 aromatic rings. The van der Waals surface area contributed by atoms with E-state index in [2.05, 4.69) is 32.9 Å². The first kappa shape index (κ1) is 26.6. The number of likely N-dealkylation sites (tertiary alicyclic amines) is 1. The van der Waals surface area contributed by atoms with Crippen LogP contribution < -0.4 is 4.74 Å². The van der Waals surface area contributed by atoms with Crippen molar-refractivity contribution in [2.45, 2.75) is 25.4 Å². The zero-order chi connectivity index (χ0) is 25.0. The first-order valence-electron chi connectivity index (χ1n) is 12.0. The van der Waals surface area contributed by atoms with E-state index in [1.54, 1.807) is 0 Å². The van der Waals surface area contributed by atoms with Gasteiger partial charge in [0.25, 0.3) is 0 Å². The van der Waals surface area contributed by atoms with Crippen LogP contribution >= 0.6 is 0 Å². The van der Waals surface area contributed by atoms with E-state index >= 15 is 0 Å². The first-order chi connectivity index (χ1) is 16.9. The number of hydrogen-bond donors (Lipinski definition) is 3. The molecule has 0 bridgehead atoms. The molecule has 4 rings (SSSR count). The third-order valence-corrected chi connectivity index (χ3v) is 6.36. The zero-order valence-corrected chi connectivity index (χ0v) is 20.0. The second kappa shape index (κ2) is 13.8. The molecule has 2 aromatic carbocycles. The first-order valence-corrected chi connectivity index (χ1v) is 12.0. The smallest absolute Gasteiger partial charge is 0.414 e. The summed E-state index contributed by atoms with van der Waals surface area (Å²) in [6, 6.07) is 19.2. The normalized spacial score (nSPS) is 17.9. The van der Waals surface area contributed by atoms with E-state index < -0.39 is 11.9 Å². The van der Waals surface area contributed by atoms with Crippen molar-refractivity contribution in [1.29, 1.82) is 0 Å². The molecule has 0 unspecified atom stereocenters. The van der Waals surface area contributed by atoms with Crippen molar-refractivity contribution < 1.29 is 29.6 Å². The molecule has 2 aliphatic heterocycles. The lowest BCUT2D eigenvalue weighted by molar-refractivity contribution is -0.159. The van der Waals surface area contributed by atoms with Gasteiger partial charge in [0.2, 0.25) is 0 Å². The number of rotatable bonds is 7. The Hall–Kier alpha value is -2.98. The Kier molecular flexibility index (Phi) is 10.5. The number of para-hydroxylation sites is 1. The van der Waals surface area contributed by atoms with Gasteiger partial charge < -0.3 is 20.1 Å². The minimum atomic E-state index is -1.82. The van der Waals surface area contributed by atoms with Crippen LogP contribution in [0.3, 0.4) is 0 Å². The van der Waals surface area contributed by atoms with E-state index in [4.69, 9.17) is 29.6 Å². The second-order valence-electron chi connectivity index (χ2n) is 8.78. The number of nitrogens with zero attached hydrogens (tertiary/aromatic N) is 3. The van der Waals surface area contributed by atoms with Gasteiger partial charge in [0.1, 0.15) is 11.5 Å². The molecule has 2 fully saturated rings. The van der Waals surface area contributed by atoms with Crippen LogP contribution in [-0.2, 0) is 16.1 Å². The van der Waals surface area contributed by atoms with Crippen LogP contribution in [0.15, 0.2) is 54.6 Å². The van der Waals surface area contributed by atoms with Crippen molar-refractivity contribution in [1.82, 2.24) is 14.7 Å². The summed E-state index contributed by atoms with van der Waals surface area (Å²) in [4.78, 5) is 25.8. The van der Waals surface area contributed by atoms with Crippen LogP contribution in [0, 0.1) is 0 Å². The molecule has 0 atom stereocenters. The number of aliphatic hydroxyl groups is 1. The topological polar surface area (TPSA) is 114 Å². The van der Waals surface area contributed by atoms with Crippen LogP contribution in [0.1, 0.15) is 18.4 Å². The molecular formula is C26H35N3O6. The Bertz CT molecular complexity index is 914. The number of aliphatic carboxylic acids is 2. The van der Waals surface area contributed by atoms with Gasteiger partial charge in [0.05, 0.1) is 6.61 Å². The van der Waals surface area contributed by atoms with Crippen molar-refractivity contribution >= 4 is 11.9 Å². The molecule has 2 aliphatic rings. The predicted octanol–water partition coefficient (Wildman–Crippen LogP) is 2.21. The van der Waals surface area contributed by atoms with Gasteiger partial charge in [0, 0.05) is 45.3 Å². The highest BCUT2D eigenvalue weighted by Crippen LogP contribution is 2.24. The molecule has 35 heavy (non-hydrogen) atoms. The van der Waals surface area contributed by atoms with Crippen molar-refractivity contribution in [2.24, 2.45) is 0 Å². The summed E-state index contributed by atoms with van der Waals surface area (Å²) in [5.41, 5.74) is 1.31. The maximum atomic E-state index is 9.11. The van der Waals surface area contributed by atoms with Crippen LogP contribution in [-0.4, -0.2) is 100 Å². The SMILES string of the molecule is O=C(O)C(=O)O.OCCN1CCN(C2CCN(Cc3cccc(Oc4ccccc4)c3)CC2)CC1. The van der Waals surface area contributed by atoms with Crippen LogP contribution in [0.25, 0.3) is 0 Å². The van der Waals surface area contributed by atoms with Gasteiger partial charge in [-0.05, 0) is 55.8 Å². The third-order valence-electron chi connectivity index (χ3n) is 6.36. The summed E-state index contributed by atoms with van der Waals surface area (Å²) in [5.74, 6) is -1.86. The molecule has 0 aromatic heterocycles. The van der Waals surface area contributed by atoms with Gasteiger partial charge in [0.15, 0.2) is 0 Å². The van der Waals surface area contributed by atoms with Crippen molar-refractivity contribution in [2.75, 3.05) is 52.4 Å². The molecular weight excluding hydrogens is 450 g/mol. The van der Waals surface area contributed by atoms with Gasteiger partial charge in [-0.25, -0.2) is 9.59 Å². The summed E-state index contributed by atoms with van der Waals surface area (Å²) in [5, 5.41) is 23.9. The molecule has 9 heteroatoms. The Labute approximate surface area is 206 Å². The van der Waals surface area contributed by atoms with Gasteiger partial charge >= 0.3 is 11.9 Å². The highest BCUT2D eigenvalue weighted by molar-refractivity contribution is 6.27. The molecule has 2 heterocycles. The Morgan fingerprint density at radius 1 is 0.800 bits per heavy atom. The third kappa shape index (κ3) is 8.95. The minimum Gasteiger partial charge on any atom is -0.473 e. The van der Waals surface area contributed by atoms with E-state index in [9.17, 15) is 0 Å². The molecule has 0 spiro atoms. The average molecular weight is 486 g/mol. The number of β-amino-alcohol motifs (C(OH)–C–C–N with tert-alkyl or cyclic N) is 1. The maximum absolute atomic E-state index is 9.11. The van der Waals surface area contributed by atoms with Crippen molar-refractivity contribution in [3.05, 3.63) is 60.2 Å². The minimum absolute atomic E-state index is 0.274. The number of piperidine rings is 1. The van der Waals surface area contributed by atoms with Gasteiger partial charge in [-0.15, -0.1) is 0 Å². The van der Waals surface area contributed by atoms with Crippen LogP contribution in [0.2, 0.25) is 0 Å². The van der Waals surface area contributed by atoms with E-state index in [0.717, 1.165) is 69.9 Å². The highest BCUT2D eigenvalue weighted by Gasteiger charge is 2.27. The Morgan fingerprint density at radius 2 is 1.43 bits per heavy atom. The fourth-order valence-electron chi connectivity index (χ4n) is 4.53. The maximum Gasteiger partial charge on any atom is 0.414 e. The largest absolute Gasteiger partial charge is 0.473 e. The Balaban J connectivity index is 0.000000509. The summed E-state index contributed by atoms with van der Waals surface area (Å²) in [6.07, 6.45) is 2.50. The summed E-state index contributed by atoms with van der Waals surface area (Å²) < 4.78 is 5.99. The fraction of sp³-hybridized carbons (Fsp3) is 0.462. The van der Waals surface area contributed by atoms with E-state index in [0.29, 0.717) is 0 Å². The molecule has 9 nitrogen and oxygen atoms in total. The van der Waals surface area contributed by atoms with E-state index in [1.807, 2.05) is 36.4 Å². The standard InChI is InChI=1S/C24H33N3O2.C2H2O4/c28-18-17-25-13-15-27(16-14-25)22-9-11-26(12-10-22)20-21-5-4-8-24(19-21)29-23-6-2-1-3-7-23;3-1(4)2(5)6/h1-8,19,22,28H,9-18,20H2;(H,3,4)(H,5,6). The molecule has 190 valence electrons. The highest BCUT2D eigenvalue weighted by atomic mass is 16.5. The summed E-state index contributed by atoms with van der Waals surface area (Å²) in [6.45, 7) is 8.87.